The first-order chi connectivity index (χ1) is 9.95. The molecule has 1 aliphatic carbocycles. The average Bonchev–Trinajstić information content (AvgIpc) is 2.69. The summed E-state index contributed by atoms with van der Waals surface area (Å²) in [6, 6.07) is 4.72. The number of hydrogen-bond donors (Lipinski definition) is 0. The van der Waals surface area contributed by atoms with Gasteiger partial charge in [0, 0.05) is 6.42 Å². The number of halogens is 1. The summed E-state index contributed by atoms with van der Waals surface area (Å²) < 4.78 is 13.4. The molecule has 3 heteroatoms. The van der Waals surface area contributed by atoms with Gasteiger partial charge in [-0.15, -0.1) is 0 Å². The Hall–Kier alpha value is -1.22. The van der Waals surface area contributed by atoms with E-state index in [0.29, 0.717) is 6.42 Å². The Bertz CT molecular complexity index is 502. The van der Waals surface area contributed by atoms with E-state index < -0.39 is 0 Å². The molecule has 0 saturated heterocycles. The van der Waals surface area contributed by atoms with Crippen LogP contribution in [0.4, 0.5) is 4.39 Å². The highest BCUT2D eigenvalue weighted by molar-refractivity contribution is 5.90. The maximum absolute atomic E-state index is 13.4. The Balaban J connectivity index is 2.24. The van der Waals surface area contributed by atoms with Crippen LogP contribution in [0.25, 0.3) is 0 Å². The second-order valence-corrected chi connectivity index (χ2v) is 6.51. The fourth-order valence-electron chi connectivity index (χ4n) is 3.46. The van der Waals surface area contributed by atoms with Crippen molar-refractivity contribution in [2.75, 3.05) is 14.1 Å². The molecule has 116 valence electrons. The number of Topliss-reactive ketones (excluding diaryl/α,β-unsaturated/α-hetero) is 1. The van der Waals surface area contributed by atoms with Crippen LogP contribution in [-0.4, -0.2) is 30.3 Å². The maximum Gasteiger partial charge on any atom is 0.157 e. The zero-order valence-electron chi connectivity index (χ0n) is 13.4. The molecule has 0 atom stereocenters. The fraction of sp³-hybridized carbons (Fsp3) is 0.611. The third kappa shape index (κ3) is 3.52. The number of aryl methyl sites for hydroxylation is 1. The Morgan fingerprint density at radius 3 is 2.38 bits per heavy atom. The van der Waals surface area contributed by atoms with Gasteiger partial charge in [-0.3, -0.25) is 9.69 Å². The molecular weight excluding hydrogens is 265 g/mol. The van der Waals surface area contributed by atoms with Crippen LogP contribution in [0.1, 0.15) is 49.7 Å². The van der Waals surface area contributed by atoms with Gasteiger partial charge in [-0.2, -0.15) is 0 Å². The van der Waals surface area contributed by atoms with Gasteiger partial charge in [0.1, 0.15) is 5.82 Å². The minimum atomic E-state index is -0.366. The lowest BCUT2D eigenvalue weighted by Crippen LogP contribution is -2.51. The molecule has 0 heterocycles. The average molecular weight is 291 g/mol. The summed E-state index contributed by atoms with van der Waals surface area (Å²) in [4.78, 5) is 15.1. The van der Waals surface area contributed by atoms with Crippen molar-refractivity contribution < 1.29 is 9.18 Å². The quantitative estimate of drug-likeness (QED) is 0.784. The van der Waals surface area contributed by atoms with Crippen LogP contribution < -0.4 is 0 Å². The van der Waals surface area contributed by atoms with Crippen molar-refractivity contribution in [3.63, 3.8) is 0 Å². The van der Waals surface area contributed by atoms with Crippen molar-refractivity contribution in [3.05, 3.63) is 35.1 Å². The molecule has 0 aromatic heterocycles. The van der Waals surface area contributed by atoms with E-state index in [9.17, 15) is 9.18 Å². The van der Waals surface area contributed by atoms with E-state index in [1.54, 1.807) is 6.07 Å². The minimum absolute atomic E-state index is 0.239. The molecule has 0 unspecified atom stereocenters. The Labute approximate surface area is 127 Å². The summed E-state index contributed by atoms with van der Waals surface area (Å²) in [6.45, 7) is 1.94. The van der Waals surface area contributed by atoms with E-state index in [2.05, 4.69) is 4.90 Å². The van der Waals surface area contributed by atoms with E-state index in [4.69, 9.17) is 0 Å². The Morgan fingerprint density at radius 2 is 1.81 bits per heavy atom. The summed E-state index contributed by atoms with van der Waals surface area (Å²) in [6.07, 6.45) is 6.81. The standard InChI is InChI=1S/C18H26FNO/c1-14-8-9-16(19)12-15(14)13-17(21)18(20(2)3)10-6-4-5-7-11-18/h8-9,12H,4-7,10-11,13H2,1-3H3. The number of nitrogens with zero attached hydrogens (tertiary/aromatic N) is 1. The summed E-state index contributed by atoms with van der Waals surface area (Å²) in [5, 5.41) is 0. The topological polar surface area (TPSA) is 20.3 Å². The summed E-state index contributed by atoms with van der Waals surface area (Å²) >= 11 is 0. The molecule has 0 amide bonds. The molecule has 1 aromatic rings. The van der Waals surface area contributed by atoms with Gasteiger partial charge in [0.2, 0.25) is 0 Å². The van der Waals surface area contributed by atoms with Gasteiger partial charge in [0.05, 0.1) is 5.54 Å². The molecule has 1 aromatic carbocycles. The summed E-state index contributed by atoms with van der Waals surface area (Å²) in [5.74, 6) is -0.0220. The van der Waals surface area contributed by atoms with E-state index in [1.165, 1.54) is 25.0 Å². The molecule has 1 aliphatic rings. The molecule has 0 radical (unpaired) electrons. The van der Waals surface area contributed by atoms with Gasteiger partial charge in [-0.05, 0) is 57.1 Å². The van der Waals surface area contributed by atoms with Crippen LogP contribution in [0, 0.1) is 12.7 Å². The predicted octanol–water partition coefficient (Wildman–Crippen LogP) is 3.90. The zero-order chi connectivity index (χ0) is 15.5. The minimum Gasteiger partial charge on any atom is -0.297 e. The van der Waals surface area contributed by atoms with Crippen molar-refractivity contribution in [1.82, 2.24) is 4.90 Å². The van der Waals surface area contributed by atoms with Crippen LogP contribution in [0.3, 0.4) is 0 Å². The maximum atomic E-state index is 13.4. The molecule has 0 N–H and O–H groups in total. The van der Waals surface area contributed by atoms with E-state index >= 15 is 0 Å². The van der Waals surface area contributed by atoms with Gasteiger partial charge in [-0.1, -0.05) is 31.7 Å². The zero-order valence-corrected chi connectivity index (χ0v) is 13.4. The number of likely N-dealkylation sites (N-methyl/N-ethyl adjacent to an activating group) is 1. The normalized spacial score (nSPS) is 18.5. The van der Waals surface area contributed by atoms with Gasteiger partial charge in [0.15, 0.2) is 5.78 Å². The first-order valence-corrected chi connectivity index (χ1v) is 7.91. The van der Waals surface area contributed by atoms with Gasteiger partial charge in [0.25, 0.3) is 0 Å². The van der Waals surface area contributed by atoms with Crippen molar-refractivity contribution in [3.8, 4) is 0 Å². The van der Waals surface area contributed by atoms with E-state index in [-0.39, 0.29) is 17.1 Å². The lowest BCUT2D eigenvalue weighted by molar-refractivity contribution is -0.130. The first kappa shape index (κ1) is 16.2. The number of rotatable bonds is 4. The highest BCUT2D eigenvalue weighted by Gasteiger charge is 2.40. The number of benzene rings is 1. The molecule has 21 heavy (non-hydrogen) atoms. The molecule has 2 nitrogen and oxygen atoms in total. The molecule has 0 spiro atoms. The summed E-state index contributed by atoms with van der Waals surface area (Å²) in [7, 11) is 4.00. The van der Waals surface area contributed by atoms with Gasteiger partial charge >= 0.3 is 0 Å². The highest BCUT2D eigenvalue weighted by Crippen LogP contribution is 2.33. The fourth-order valence-corrected chi connectivity index (χ4v) is 3.46. The monoisotopic (exact) mass is 291 g/mol. The third-order valence-electron chi connectivity index (χ3n) is 4.97. The number of hydrogen-bond acceptors (Lipinski definition) is 2. The lowest BCUT2D eigenvalue weighted by Gasteiger charge is -2.38. The van der Waals surface area contributed by atoms with E-state index in [1.807, 2.05) is 21.0 Å². The van der Waals surface area contributed by atoms with Gasteiger partial charge in [-0.25, -0.2) is 4.39 Å². The predicted molar refractivity (Wildman–Crippen MR) is 84.0 cm³/mol. The van der Waals surface area contributed by atoms with Crippen molar-refractivity contribution in [2.45, 2.75) is 57.4 Å². The lowest BCUT2D eigenvalue weighted by atomic mass is 9.81. The van der Waals surface area contributed by atoms with Crippen LogP contribution in [0.15, 0.2) is 18.2 Å². The summed E-state index contributed by atoms with van der Waals surface area (Å²) in [5.41, 5.74) is 1.45. The highest BCUT2D eigenvalue weighted by atomic mass is 19.1. The number of carbonyl (C=O) groups is 1. The van der Waals surface area contributed by atoms with Crippen molar-refractivity contribution >= 4 is 5.78 Å². The molecule has 0 aliphatic heterocycles. The smallest absolute Gasteiger partial charge is 0.157 e. The first-order valence-electron chi connectivity index (χ1n) is 7.91. The largest absolute Gasteiger partial charge is 0.297 e. The Morgan fingerprint density at radius 1 is 1.19 bits per heavy atom. The molecule has 1 saturated carbocycles. The van der Waals surface area contributed by atoms with Gasteiger partial charge < -0.3 is 0 Å². The second kappa shape index (κ2) is 6.69. The van der Waals surface area contributed by atoms with Crippen LogP contribution in [-0.2, 0) is 11.2 Å². The van der Waals surface area contributed by atoms with Crippen molar-refractivity contribution in [2.24, 2.45) is 0 Å². The number of carbonyl (C=O) groups excluding carboxylic acids is 1. The second-order valence-electron chi connectivity index (χ2n) is 6.51. The van der Waals surface area contributed by atoms with Crippen molar-refractivity contribution in [1.29, 1.82) is 0 Å². The number of ketones is 1. The molecular formula is C18H26FNO. The Kier molecular flexibility index (Phi) is 5.15. The van der Waals surface area contributed by atoms with Crippen LogP contribution in [0.2, 0.25) is 0 Å². The molecule has 0 bridgehead atoms. The third-order valence-corrected chi connectivity index (χ3v) is 4.97. The SMILES string of the molecule is Cc1ccc(F)cc1CC(=O)C1(N(C)C)CCCCCC1. The molecule has 1 fully saturated rings. The van der Waals surface area contributed by atoms with Crippen LogP contribution >= 0.6 is 0 Å². The van der Waals surface area contributed by atoms with E-state index in [0.717, 1.165) is 36.8 Å². The molecule has 2 rings (SSSR count). The van der Waals surface area contributed by atoms with Crippen LogP contribution in [0.5, 0.6) is 0 Å².